The Hall–Kier alpha value is -3.76. The molecule has 0 amide bonds. The normalized spacial score (nSPS) is 18.6. The second-order valence-electron chi connectivity index (χ2n) is 9.59. The van der Waals surface area contributed by atoms with Crippen LogP contribution in [0.25, 0.3) is 10.9 Å². The molecule has 4 aromatic rings. The molecule has 2 atom stereocenters. The van der Waals surface area contributed by atoms with Gasteiger partial charge in [-0.15, -0.1) is 5.10 Å². The van der Waals surface area contributed by atoms with E-state index < -0.39 is 6.04 Å². The second-order valence-corrected chi connectivity index (χ2v) is 9.59. The lowest BCUT2D eigenvalue weighted by molar-refractivity contribution is 0.0904. The number of nitrogens with zero attached hydrogens (tertiary/aromatic N) is 5. The smallest absolute Gasteiger partial charge is 0.253 e. The highest BCUT2D eigenvalue weighted by Gasteiger charge is 2.33. The van der Waals surface area contributed by atoms with E-state index in [2.05, 4.69) is 49.7 Å². The van der Waals surface area contributed by atoms with Gasteiger partial charge in [-0.05, 0) is 52.9 Å². The van der Waals surface area contributed by atoms with E-state index in [0.717, 1.165) is 37.8 Å². The summed E-state index contributed by atoms with van der Waals surface area (Å²) in [6.45, 7) is 2.78. The third-order valence-electron chi connectivity index (χ3n) is 7.40. The summed E-state index contributed by atoms with van der Waals surface area (Å²) in [5.74, 6) is 1.79. The van der Waals surface area contributed by atoms with Gasteiger partial charge in [0.2, 0.25) is 0 Å². The second kappa shape index (κ2) is 9.95. The van der Waals surface area contributed by atoms with E-state index in [1.165, 1.54) is 11.1 Å². The monoisotopic (exact) mass is 502 g/mol. The highest BCUT2D eigenvalue weighted by molar-refractivity contribution is 5.83. The molecule has 2 aromatic carbocycles. The van der Waals surface area contributed by atoms with Crippen molar-refractivity contribution in [1.82, 2.24) is 30.1 Å². The van der Waals surface area contributed by atoms with Crippen LogP contribution < -0.4 is 15.0 Å². The maximum atomic E-state index is 13.6. The molecule has 0 spiro atoms. The first kappa shape index (κ1) is 23.6. The maximum Gasteiger partial charge on any atom is 0.253 e. The number of pyridine rings is 1. The van der Waals surface area contributed by atoms with E-state index in [-0.39, 0.29) is 11.7 Å². The van der Waals surface area contributed by atoms with Crippen LogP contribution in [0.2, 0.25) is 0 Å². The minimum atomic E-state index is -0.439. The van der Waals surface area contributed by atoms with Gasteiger partial charge in [0.05, 0.1) is 32.4 Å². The third kappa shape index (κ3) is 4.47. The number of aromatic nitrogens is 5. The molecule has 37 heavy (non-hydrogen) atoms. The number of methoxy groups -OCH3 is 2. The first-order chi connectivity index (χ1) is 18.1. The molecular weight excluding hydrogens is 472 g/mol. The Bertz CT molecular complexity index is 1480. The molecular formula is C27H30N6O4. The minimum absolute atomic E-state index is 0.0663. The number of hydrogen-bond acceptors (Lipinski definition) is 8. The highest BCUT2D eigenvalue weighted by Crippen LogP contribution is 2.35. The van der Waals surface area contributed by atoms with Gasteiger partial charge in [-0.2, -0.15) is 0 Å². The molecule has 2 aliphatic rings. The Morgan fingerprint density at radius 3 is 2.73 bits per heavy atom. The molecule has 4 heterocycles. The van der Waals surface area contributed by atoms with E-state index in [0.29, 0.717) is 41.5 Å². The molecule has 0 radical (unpaired) electrons. The predicted octanol–water partition coefficient (Wildman–Crippen LogP) is 2.86. The summed E-state index contributed by atoms with van der Waals surface area (Å²) in [7, 11) is 3.18. The topological polar surface area (TPSA) is 107 Å². The van der Waals surface area contributed by atoms with Crippen molar-refractivity contribution in [2.45, 2.75) is 44.5 Å². The van der Waals surface area contributed by atoms with Gasteiger partial charge < -0.3 is 19.2 Å². The summed E-state index contributed by atoms with van der Waals surface area (Å²) >= 11 is 0. The fourth-order valence-electron chi connectivity index (χ4n) is 5.51. The van der Waals surface area contributed by atoms with Gasteiger partial charge in [0, 0.05) is 36.7 Å². The van der Waals surface area contributed by atoms with Gasteiger partial charge in [0.15, 0.2) is 17.3 Å². The van der Waals surface area contributed by atoms with Gasteiger partial charge in [-0.3, -0.25) is 9.69 Å². The van der Waals surface area contributed by atoms with Crippen molar-refractivity contribution in [3.05, 3.63) is 75.3 Å². The Labute approximate surface area is 214 Å². The zero-order valence-corrected chi connectivity index (χ0v) is 21.0. The van der Waals surface area contributed by atoms with Crippen molar-refractivity contribution < 1.29 is 14.2 Å². The van der Waals surface area contributed by atoms with Crippen LogP contribution in [0.3, 0.4) is 0 Å². The predicted molar refractivity (Wildman–Crippen MR) is 137 cm³/mol. The lowest BCUT2D eigenvalue weighted by atomic mass is 9.96. The maximum absolute atomic E-state index is 13.6. The van der Waals surface area contributed by atoms with Crippen LogP contribution in [0.1, 0.15) is 41.4 Å². The van der Waals surface area contributed by atoms with Gasteiger partial charge in [-0.25, -0.2) is 4.68 Å². The van der Waals surface area contributed by atoms with Crippen LogP contribution >= 0.6 is 0 Å². The summed E-state index contributed by atoms with van der Waals surface area (Å²) in [6.07, 6.45) is 2.96. The van der Waals surface area contributed by atoms with Gasteiger partial charge in [-0.1, -0.05) is 24.3 Å². The van der Waals surface area contributed by atoms with Crippen molar-refractivity contribution in [2.75, 3.05) is 27.4 Å². The molecule has 1 N–H and O–H groups in total. The van der Waals surface area contributed by atoms with Crippen molar-refractivity contribution in [1.29, 1.82) is 0 Å². The van der Waals surface area contributed by atoms with Crippen LogP contribution in [0.5, 0.6) is 11.5 Å². The number of H-pyrrole nitrogens is 1. The average Bonchev–Trinajstić information content (AvgIpc) is 3.61. The van der Waals surface area contributed by atoms with E-state index in [9.17, 15) is 4.79 Å². The van der Waals surface area contributed by atoms with E-state index in [4.69, 9.17) is 14.2 Å². The molecule has 2 aliphatic heterocycles. The number of nitrogens with one attached hydrogen (secondary N) is 1. The summed E-state index contributed by atoms with van der Waals surface area (Å²) < 4.78 is 18.6. The average molecular weight is 503 g/mol. The number of rotatable bonds is 7. The number of tetrazole rings is 1. The summed E-state index contributed by atoms with van der Waals surface area (Å²) in [5.41, 5.74) is 3.66. The number of ether oxygens (including phenoxy) is 3. The highest BCUT2D eigenvalue weighted by atomic mass is 16.5. The third-order valence-corrected chi connectivity index (χ3v) is 7.40. The number of benzene rings is 2. The SMILES string of the molecule is COc1cc2cc([C@@H](c3nnnn3C[C@H]3CCCO3)N3CCc4ccccc4C3)c(=O)[nH]c2cc1OC. The van der Waals surface area contributed by atoms with Crippen LogP contribution in [-0.2, 0) is 24.2 Å². The molecule has 10 heteroatoms. The first-order valence-corrected chi connectivity index (χ1v) is 12.6. The fraction of sp³-hybridized carbons (Fsp3) is 0.407. The molecule has 0 unspecified atom stereocenters. The van der Waals surface area contributed by atoms with Crippen LogP contribution in [-0.4, -0.2) is 63.6 Å². The number of hydrogen-bond donors (Lipinski definition) is 1. The summed E-state index contributed by atoms with van der Waals surface area (Å²) in [6, 6.07) is 13.6. The van der Waals surface area contributed by atoms with Crippen LogP contribution in [0.15, 0.2) is 47.3 Å². The Morgan fingerprint density at radius 2 is 1.95 bits per heavy atom. The van der Waals surface area contributed by atoms with Crippen molar-refractivity contribution in [3.8, 4) is 11.5 Å². The van der Waals surface area contributed by atoms with Crippen molar-refractivity contribution in [3.63, 3.8) is 0 Å². The number of fused-ring (bicyclic) bond motifs is 2. The molecule has 1 fully saturated rings. The zero-order chi connectivity index (χ0) is 25.4. The molecule has 0 bridgehead atoms. The lowest BCUT2D eigenvalue weighted by Gasteiger charge is -2.35. The van der Waals surface area contributed by atoms with E-state index in [1.807, 2.05) is 12.1 Å². The summed E-state index contributed by atoms with van der Waals surface area (Å²) in [5, 5.41) is 13.6. The Morgan fingerprint density at radius 1 is 1.14 bits per heavy atom. The van der Waals surface area contributed by atoms with Crippen LogP contribution in [0, 0.1) is 0 Å². The molecule has 192 valence electrons. The summed E-state index contributed by atoms with van der Waals surface area (Å²) in [4.78, 5) is 19.0. The van der Waals surface area contributed by atoms with Crippen molar-refractivity contribution in [2.24, 2.45) is 0 Å². The largest absolute Gasteiger partial charge is 0.493 e. The standard InChI is InChI=1S/C27H30N6O4/c1-35-23-13-19-12-21(27(34)28-22(19)14-24(23)36-2)25(32-10-9-17-6-3-4-7-18(17)15-32)26-29-30-31-33(26)16-20-8-5-11-37-20/h3-4,6-7,12-14,20,25H,5,8-11,15-16H2,1-2H3,(H,28,34)/t20-,25+/m1/s1. The molecule has 0 saturated carbocycles. The van der Waals surface area contributed by atoms with E-state index >= 15 is 0 Å². The van der Waals surface area contributed by atoms with Gasteiger partial charge in [0.1, 0.15) is 6.04 Å². The quantitative estimate of drug-likeness (QED) is 0.411. The van der Waals surface area contributed by atoms with Crippen molar-refractivity contribution >= 4 is 10.9 Å². The molecule has 6 rings (SSSR count). The van der Waals surface area contributed by atoms with E-state index in [1.54, 1.807) is 25.0 Å². The van der Waals surface area contributed by atoms with Gasteiger partial charge in [0.25, 0.3) is 5.56 Å². The molecule has 2 aromatic heterocycles. The fourth-order valence-corrected chi connectivity index (χ4v) is 5.51. The lowest BCUT2D eigenvalue weighted by Crippen LogP contribution is -2.39. The molecule has 10 nitrogen and oxygen atoms in total. The minimum Gasteiger partial charge on any atom is -0.493 e. The Kier molecular flexibility index (Phi) is 6.35. The number of aromatic amines is 1. The van der Waals surface area contributed by atoms with Gasteiger partial charge >= 0.3 is 0 Å². The van der Waals surface area contributed by atoms with Crippen LogP contribution in [0.4, 0.5) is 0 Å². The molecule has 0 aliphatic carbocycles. The first-order valence-electron chi connectivity index (χ1n) is 12.6. The Balaban J connectivity index is 1.47. The zero-order valence-electron chi connectivity index (χ0n) is 21.0. The molecule has 1 saturated heterocycles.